The van der Waals surface area contributed by atoms with Crippen LogP contribution in [0.1, 0.15) is 11.3 Å². The van der Waals surface area contributed by atoms with Crippen molar-refractivity contribution in [3.05, 3.63) is 69.8 Å². The van der Waals surface area contributed by atoms with Gasteiger partial charge in [0.25, 0.3) is 0 Å². The molecule has 0 spiro atoms. The van der Waals surface area contributed by atoms with E-state index in [9.17, 15) is 13.6 Å². The van der Waals surface area contributed by atoms with Crippen molar-refractivity contribution < 1.29 is 22.8 Å². The van der Waals surface area contributed by atoms with Crippen LogP contribution in [0, 0.1) is 18.6 Å². The highest BCUT2D eigenvalue weighted by Crippen LogP contribution is 2.31. The van der Waals surface area contributed by atoms with Crippen LogP contribution >= 0.6 is 15.9 Å². The fraction of sp³-hybridized carbons (Fsp3) is 0.158. The van der Waals surface area contributed by atoms with Crippen molar-refractivity contribution in [2.75, 3.05) is 11.9 Å². The van der Waals surface area contributed by atoms with Gasteiger partial charge in [-0.1, -0.05) is 27.2 Å². The van der Waals surface area contributed by atoms with Crippen LogP contribution in [0.3, 0.4) is 0 Å². The smallest absolute Gasteiger partial charge is 0.411 e. The average Bonchev–Trinajstić information content (AvgIpc) is 2.99. The van der Waals surface area contributed by atoms with Crippen LogP contribution < -0.4 is 5.32 Å². The van der Waals surface area contributed by atoms with Crippen LogP contribution in [-0.4, -0.2) is 17.9 Å². The largest absolute Gasteiger partial charge is 0.449 e. The van der Waals surface area contributed by atoms with Gasteiger partial charge in [0.05, 0.1) is 6.61 Å². The number of benzene rings is 2. The number of nitrogens with zero attached hydrogens (tertiary/aromatic N) is 1. The van der Waals surface area contributed by atoms with Gasteiger partial charge in [0.15, 0.2) is 5.76 Å². The Balaban J connectivity index is 1.65. The molecule has 27 heavy (non-hydrogen) atoms. The van der Waals surface area contributed by atoms with Gasteiger partial charge in [-0.2, -0.15) is 0 Å². The number of carbonyl (C=O) groups is 1. The van der Waals surface area contributed by atoms with Gasteiger partial charge in [-0.25, -0.2) is 13.6 Å². The second-order valence-electron chi connectivity index (χ2n) is 5.69. The molecule has 0 saturated carbocycles. The highest BCUT2D eigenvalue weighted by Gasteiger charge is 2.18. The Bertz CT molecular complexity index is 938. The minimum Gasteiger partial charge on any atom is -0.449 e. The summed E-state index contributed by atoms with van der Waals surface area (Å²) in [4.78, 5) is 12.1. The number of aromatic nitrogens is 1. The lowest BCUT2D eigenvalue weighted by atomic mass is 10.1. The lowest BCUT2D eigenvalue weighted by molar-refractivity contribution is 0.162. The van der Waals surface area contributed by atoms with Gasteiger partial charge in [0, 0.05) is 22.0 Å². The zero-order valence-corrected chi connectivity index (χ0v) is 15.8. The van der Waals surface area contributed by atoms with Crippen molar-refractivity contribution in [2.24, 2.45) is 0 Å². The van der Waals surface area contributed by atoms with Crippen molar-refractivity contribution in [3.8, 4) is 11.3 Å². The predicted molar refractivity (Wildman–Crippen MR) is 99.4 cm³/mol. The highest BCUT2D eigenvalue weighted by molar-refractivity contribution is 9.10. The summed E-state index contributed by atoms with van der Waals surface area (Å²) < 4.78 is 38.4. The van der Waals surface area contributed by atoms with E-state index in [1.807, 2.05) is 24.3 Å². The Morgan fingerprint density at radius 1 is 1.19 bits per heavy atom. The van der Waals surface area contributed by atoms with Gasteiger partial charge in [-0.3, -0.25) is 5.32 Å². The van der Waals surface area contributed by atoms with Crippen LogP contribution in [-0.2, 0) is 11.2 Å². The fourth-order valence-electron chi connectivity index (χ4n) is 2.47. The Hall–Kier alpha value is -2.74. The van der Waals surface area contributed by atoms with E-state index in [0.29, 0.717) is 17.1 Å². The van der Waals surface area contributed by atoms with Crippen molar-refractivity contribution in [2.45, 2.75) is 13.3 Å². The molecule has 140 valence electrons. The van der Waals surface area contributed by atoms with Crippen molar-refractivity contribution in [1.29, 1.82) is 0 Å². The molecule has 0 radical (unpaired) electrons. The number of carbonyl (C=O) groups excluding carboxylic acids is 1. The summed E-state index contributed by atoms with van der Waals surface area (Å²) in [5, 5.41) is 6.43. The van der Waals surface area contributed by atoms with E-state index in [2.05, 4.69) is 26.4 Å². The van der Waals surface area contributed by atoms with Gasteiger partial charge in [-0.15, -0.1) is 0 Å². The number of aryl methyl sites for hydroxylation is 1. The number of hydrogen-bond acceptors (Lipinski definition) is 4. The second-order valence-corrected chi connectivity index (χ2v) is 6.61. The van der Waals surface area contributed by atoms with Gasteiger partial charge in [0.2, 0.25) is 0 Å². The first-order chi connectivity index (χ1) is 13.0. The van der Waals surface area contributed by atoms with Crippen LogP contribution in [0.15, 0.2) is 51.5 Å². The first kappa shape index (κ1) is 19.0. The van der Waals surface area contributed by atoms with Crippen LogP contribution in [0.5, 0.6) is 0 Å². The number of ether oxygens (including phenoxy) is 1. The predicted octanol–water partition coefficient (Wildman–Crippen LogP) is 5.48. The van der Waals surface area contributed by atoms with Gasteiger partial charge >= 0.3 is 6.09 Å². The van der Waals surface area contributed by atoms with Crippen LogP contribution in [0.2, 0.25) is 0 Å². The maximum absolute atomic E-state index is 13.6. The fourth-order valence-corrected chi connectivity index (χ4v) is 2.73. The molecule has 1 N–H and O–H groups in total. The van der Waals surface area contributed by atoms with E-state index < -0.39 is 17.7 Å². The molecule has 0 atom stereocenters. The van der Waals surface area contributed by atoms with E-state index in [4.69, 9.17) is 9.26 Å². The Morgan fingerprint density at radius 3 is 2.52 bits per heavy atom. The first-order valence-electron chi connectivity index (χ1n) is 8.04. The van der Waals surface area contributed by atoms with E-state index in [1.165, 1.54) is 6.07 Å². The molecule has 1 amide bonds. The second kappa shape index (κ2) is 8.30. The number of halogens is 3. The number of nitrogens with one attached hydrogen (secondary N) is 1. The topological polar surface area (TPSA) is 64.4 Å². The summed E-state index contributed by atoms with van der Waals surface area (Å²) >= 11 is 3.35. The van der Waals surface area contributed by atoms with E-state index in [-0.39, 0.29) is 18.6 Å². The lowest BCUT2D eigenvalue weighted by Crippen LogP contribution is -2.16. The minimum atomic E-state index is -0.767. The zero-order valence-electron chi connectivity index (χ0n) is 14.3. The summed E-state index contributed by atoms with van der Waals surface area (Å²) in [5.41, 5.74) is 1.45. The van der Waals surface area contributed by atoms with E-state index in [0.717, 1.165) is 22.2 Å². The van der Waals surface area contributed by atoms with Crippen LogP contribution in [0.4, 0.5) is 19.3 Å². The summed E-state index contributed by atoms with van der Waals surface area (Å²) in [7, 11) is 0. The van der Waals surface area contributed by atoms with E-state index in [1.54, 1.807) is 6.92 Å². The Morgan fingerprint density at radius 2 is 1.85 bits per heavy atom. The number of hydrogen-bond donors (Lipinski definition) is 1. The number of rotatable bonds is 5. The molecular formula is C19H15BrF2N2O3. The Labute approximate surface area is 162 Å². The van der Waals surface area contributed by atoms with Gasteiger partial charge in [-0.05, 0) is 43.3 Å². The third kappa shape index (κ3) is 4.51. The quantitative estimate of drug-likeness (QED) is 0.574. The monoisotopic (exact) mass is 436 g/mol. The highest BCUT2D eigenvalue weighted by atomic mass is 79.9. The Kier molecular flexibility index (Phi) is 5.85. The molecule has 2 aromatic carbocycles. The van der Waals surface area contributed by atoms with Gasteiger partial charge < -0.3 is 9.26 Å². The van der Waals surface area contributed by atoms with Crippen LogP contribution in [0.25, 0.3) is 11.3 Å². The molecule has 3 rings (SSSR count). The summed E-state index contributed by atoms with van der Waals surface area (Å²) in [5.74, 6) is -0.963. The summed E-state index contributed by atoms with van der Waals surface area (Å²) in [6.45, 7) is 1.50. The van der Waals surface area contributed by atoms with Crippen molar-refractivity contribution >= 4 is 27.7 Å². The standard InChI is InChI=1S/C19H15BrF2N2O3/c1-11-17(18(27-24-11)12-5-7-13(20)8-6-12)23-19(25)26-10-9-14-15(21)3-2-4-16(14)22/h2-8H,9-10H2,1H3,(H,23,25). The van der Waals surface area contributed by atoms with Crippen molar-refractivity contribution in [1.82, 2.24) is 5.16 Å². The molecule has 0 fully saturated rings. The molecule has 0 aliphatic carbocycles. The number of amides is 1. The maximum atomic E-state index is 13.6. The zero-order chi connectivity index (χ0) is 19.4. The molecule has 0 unspecified atom stereocenters. The molecule has 5 nitrogen and oxygen atoms in total. The molecule has 1 heterocycles. The lowest BCUT2D eigenvalue weighted by Gasteiger charge is -2.08. The third-order valence-electron chi connectivity index (χ3n) is 3.84. The third-order valence-corrected chi connectivity index (χ3v) is 4.37. The molecule has 1 aromatic heterocycles. The first-order valence-corrected chi connectivity index (χ1v) is 8.84. The van der Waals surface area contributed by atoms with Crippen molar-refractivity contribution in [3.63, 3.8) is 0 Å². The molecule has 0 bridgehead atoms. The molecule has 0 saturated heterocycles. The normalized spacial score (nSPS) is 10.7. The number of anilines is 1. The SMILES string of the molecule is Cc1noc(-c2ccc(Br)cc2)c1NC(=O)OCCc1c(F)cccc1F. The molecule has 8 heteroatoms. The van der Waals surface area contributed by atoms with E-state index >= 15 is 0 Å². The summed E-state index contributed by atoms with van der Waals surface area (Å²) in [6, 6.07) is 10.9. The molecular weight excluding hydrogens is 422 g/mol. The molecule has 0 aliphatic rings. The minimum absolute atomic E-state index is 0.0753. The molecule has 3 aromatic rings. The summed E-state index contributed by atoms with van der Waals surface area (Å²) in [6.07, 6.45) is -0.842. The van der Waals surface area contributed by atoms with Gasteiger partial charge in [0.1, 0.15) is 23.0 Å². The molecule has 0 aliphatic heterocycles. The average molecular weight is 437 g/mol. The maximum Gasteiger partial charge on any atom is 0.411 e.